The molecule has 5 nitrogen and oxygen atoms in total. The maximum Gasteiger partial charge on any atom is 0.239 e. The first-order valence-electron chi connectivity index (χ1n) is 12.3. The second-order valence-electron chi connectivity index (χ2n) is 10.3. The molecule has 0 radical (unpaired) electrons. The minimum atomic E-state index is -0.0343. The molecule has 34 heavy (non-hydrogen) atoms. The number of nitrogens with one attached hydrogen (secondary N) is 1. The number of anilines is 2. The normalized spacial score (nSPS) is 18.9. The van der Waals surface area contributed by atoms with Crippen LogP contribution < -0.4 is 10.2 Å². The summed E-state index contributed by atoms with van der Waals surface area (Å²) in [7, 11) is 0. The van der Waals surface area contributed by atoms with Crippen molar-refractivity contribution >= 4 is 39.5 Å². The van der Waals surface area contributed by atoms with Gasteiger partial charge in [0.15, 0.2) is 0 Å². The summed E-state index contributed by atoms with van der Waals surface area (Å²) in [5.74, 6) is 0.589. The number of piperazine rings is 1. The number of thiophene rings is 1. The molecule has 182 valence electrons. The summed E-state index contributed by atoms with van der Waals surface area (Å²) in [5, 5.41) is 14.4. The highest BCUT2D eigenvalue weighted by atomic mass is 35.5. The number of fused-ring (bicyclic) bond motifs is 1. The Morgan fingerprint density at radius 1 is 1.29 bits per heavy atom. The van der Waals surface area contributed by atoms with E-state index in [1.165, 1.54) is 16.1 Å². The van der Waals surface area contributed by atoms with Crippen molar-refractivity contribution in [3.8, 4) is 6.07 Å². The molecule has 1 aliphatic carbocycles. The van der Waals surface area contributed by atoms with Gasteiger partial charge in [-0.1, -0.05) is 44.9 Å². The van der Waals surface area contributed by atoms with Gasteiger partial charge in [0.05, 0.1) is 12.1 Å². The van der Waals surface area contributed by atoms with Crippen molar-refractivity contribution in [3.05, 3.63) is 44.8 Å². The molecule has 1 atom stereocenters. The summed E-state index contributed by atoms with van der Waals surface area (Å²) < 4.78 is 0. The number of halogens is 1. The molecule has 4 rings (SSSR count). The second-order valence-corrected chi connectivity index (χ2v) is 11.9. The van der Waals surface area contributed by atoms with E-state index in [0.717, 1.165) is 67.4 Å². The van der Waals surface area contributed by atoms with E-state index in [4.69, 9.17) is 11.6 Å². The summed E-state index contributed by atoms with van der Waals surface area (Å²) >= 11 is 7.81. The van der Waals surface area contributed by atoms with E-state index in [1.54, 1.807) is 11.3 Å². The van der Waals surface area contributed by atoms with Gasteiger partial charge >= 0.3 is 0 Å². The van der Waals surface area contributed by atoms with Crippen molar-refractivity contribution in [2.75, 3.05) is 42.9 Å². The van der Waals surface area contributed by atoms with E-state index in [1.807, 2.05) is 12.1 Å². The van der Waals surface area contributed by atoms with Crippen LogP contribution in [-0.2, 0) is 17.6 Å². The highest BCUT2D eigenvalue weighted by Crippen LogP contribution is 2.45. The number of carbonyl (C=O) groups is 1. The number of amides is 1. The summed E-state index contributed by atoms with van der Waals surface area (Å²) in [6.45, 7) is 12.8. The molecule has 1 aromatic carbocycles. The molecule has 1 saturated heterocycles. The molecule has 0 bridgehead atoms. The zero-order valence-corrected chi connectivity index (χ0v) is 22.3. The fourth-order valence-corrected chi connectivity index (χ4v) is 6.65. The van der Waals surface area contributed by atoms with Crippen LogP contribution in [0.1, 0.15) is 55.2 Å². The van der Waals surface area contributed by atoms with Gasteiger partial charge in [-0.2, -0.15) is 5.26 Å². The Morgan fingerprint density at radius 2 is 2.03 bits per heavy atom. The lowest BCUT2D eigenvalue weighted by Crippen LogP contribution is -2.48. The molecule has 1 amide bonds. The third-order valence-electron chi connectivity index (χ3n) is 7.90. The van der Waals surface area contributed by atoms with Gasteiger partial charge in [0, 0.05) is 41.8 Å². The van der Waals surface area contributed by atoms with Crippen LogP contribution in [0.4, 0.5) is 10.7 Å². The van der Waals surface area contributed by atoms with Crippen LogP contribution in [0.15, 0.2) is 18.2 Å². The summed E-state index contributed by atoms with van der Waals surface area (Å²) in [6, 6.07) is 8.37. The van der Waals surface area contributed by atoms with Crippen LogP contribution >= 0.6 is 22.9 Å². The SMILES string of the molecule is CCC(C)(C)C1CCc2c(sc(NC(=O)CN3CCN(c4cc(Cl)ccc4C)CC3)c2C#N)C1. The predicted molar refractivity (Wildman–Crippen MR) is 142 cm³/mol. The summed E-state index contributed by atoms with van der Waals surface area (Å²) in [4.78, 5) is 18.7. The van der Waals surface area contributed by atoms with Crippen molar-refractivity contribution < 1.29 is 4.79 Å². The van der Waals surface area contributed by atoms with E-state index in [9.17, 15) is 10.1 Å². The van der Waals surface area contributed by atoms with Crippen molar-refractivity contribution in [2.45, 2.75) is 53.4 Å². The molecule has 0 saturated carbocycles. The molecule has 0 spiro atoms. The zero-order valence-electron chi connectivity index (χ0n) is 20.7. The van der Waals surface area contributed by atoms with E-state index in [0.29, 0.717) is 23.4 Å². The number of hydrogen-bond donors (Lipinski definition) is 1. The van der Waals surface area contributed by atoms with Gasteiger partial charge in [-0.05, 0) is 60.8 Å². The van der Waals surface area contributed by atoms with Crippen LogP contribution in [0.5, 0.6) is 0 Å². The van der Waals surface area contributed by atoms with Gasteiger partial charge < -0.3 is 10.2 Å². The Morgan fingerprint density at radius 3 is 2.71 bits per heavy atom. The molecule has 2 aliphatic rings. The van der Waals surface area contributed by atoms with E-state index in [-0.39, 0.29) is 5.91 Å². The number of nitriles is 1. The maximum absolute atomic E-state index is 12.9. The van der Waals surface area contributed by atoms with Crippen molar-refractivity contribution in [1.29, 1.82) is 5.26 Å². The topological polar surface area (TPSA) is 59.4 Å². The lowest BCUT2D eigenvalue weighted by Gasteiger charge is -2.36. The number of benzene rings is 1. The van der Waals surface area contributed by atoms with Gasteiger partial charge in [-0.15, -0.1) is 11.3 Å². The van der Waals surface area contributed by atoms with Crippen LogP contribution in [0.2, 0.25) is 5.02 Å². The van der Waals surface area contributed by atoms with Gasteiger partial charge in [0.2, 0.25) is 5.91 Å². The molecule has 1 aliphatic heterocycles. The number of rotatable bonds is 6. The highest BCUT2D eigenvalue weighted by molar-refractivity contribution is 7.16. The van der Waals surface area contributed by atoms with E-state index in [2.05, 4.69) is 54.9 Å². The van der Waals surface area contributed by atoms with Crippen LogP contribution in [0, 0.1) is 29.6 Å². The first kappa shape index (κ1) is 25.0. The lowest BCUT2D eigenvalue weighted by molar-refractivity contribution is -0.117. The Balaban J connectivity index is 1.36. The first-order chi connectivity index (χ1) is 16.2. The summed E-state index contributed by atoms with van der Waals surface area (Å²) in [6.07, 6.45) is 4.21. The summed E-state index contributed by atoms with van der Waals surface area (Å²) in [5.41, 5.74) is 4.53. The largest absolute Gasteiger partial charge is 0.369 e. The molecule has 1 fully saturated rings. The number of nitrogens with zero attached hydrogens (tertiary/aromatic N) is 3. The molecule has 2 heterocycles. The minimum Gasteiger partial charge on any atom is -0.369 e. The molecule has 2 aromatic rings. The average molecular weight is 499 g/mol. The Hall–Kier alpha value is -2.07. The molecule has 1 N–H and O–H groups in total. The first-order valence-corrected chi connectivity index (χ1v) is 13.5. The van der Waals surface area contributed by atoms with E-state index >= 15 is 0 Å². The lowest BCUT2D eigenvalue weighted by atomic mass is 9.69. The second kappa shape index (κ2) is 10.3. The van der Waals surface area contributed by atoms with E-state index < -0.39 is 0 Å². The predicted octanol–water partition coefficient (Wildman–Crippen LogP) is 5.88. The Labute approximate surface area is 212 Å². The third-order valence-corrected chi connectivity index (χ3v) is 9.30. The molecular formula is C27H35ClN4OS. The average Bonchev–Trinajstić information content (AvgIpc) is 3.17. The Kier molecular flexibility index (Phi) is 7.57. The van der Waals surface area contributed by atoms with Crippen LogP contribution in [-0.4, -0.2) is 43.5 Å². The van der Waals surface area contributed by atoms with Crippen molar-refractivity contribution in [3.63, 3.8) is 0 Å². The van der Waals surface area contributed by atoms with Gasteiger partial charge in [0.1, 0.15) is 11.1 Å². The molecule has 1 aromatic heterocycles. The van der Waals surface area contributed by atoms with Crippen molar-refractivity contribution in [2.24, 2.45) is 11.3 Å². The number of aryl methyl sites for hydroxylation is 1. The monoisotopic (exact) mass is 498 g/mol. The van der Waals surface area contributed by atoms with Crippen LogP contribution in [0.3, 0.4) is 0 Å². The van der Waals surface area contributed by atoms with Gasteiger partial charge in [-0.3, -0.25) is 9.69 Å². The number of hydrogen-bond acceptors (Lipinski definition) is 5. The van der Waals surface area contributed by atoms with Crippen LogP contribution in [0.25, 0.3) is 0 Å². The molecular weight excluding hydrogens is 464 g/mol. The zero-order chi connectivity index (χ0) is 24.5. The van der Waals surface area contributed by atoms with Gasteiger partial charge in [-0.25, -0.2) is 0 Å². The highest BCUT2D eigenvalue weighted by Gasteiger charge is 2.34. The maximum atomic E-state index is 12.9. The minimum absolute atomic E-state index is 0.0343. The number of carbonyl (C=O) groups excluding carboxylic acids is 1. The third kappa shape index (κ3) is 5.27. The Bertz CT molecular complexity index is 1090. The van der Waals surface area contributed by atoms with Gasteiger partial charge in [0.25, 0.3) is 0 Å². The fraction of sp³-hybridized carbons (Fsp3) is 0.556. The quantitative estimate of drug-likeness (QED) is 0.540. The smallest absolute Gasteiger partial charge is 0.239 e. The fourth-order valence-electron chi connectivity index (χ4n) is 5.19. The standard InChI is InChI=1S/C27H35ClN4OS/c1-5-27(3,4)19-7-9-21-22(16-29)26(34-24(21)14-19)30-25(33)17-31-10-12-32(13-11-31)23-15-20(28)8-6-18(23)2/h6,8,15,19H,5,7,9-14,17H2,1-4H3,(H,30,33). The molecule has 1 unspecified atom stereocenters. The molecule has 7 heteroatoms. The van der Waals surface area contributed by atoms with Crippen molar-refractivity contribution in [1.82, 2.24) is 4.90 Å².